The van der Waals surface area contributed by atoms with Gasteiger partial charge in [-0.15, -0.1) is 0 Å². The highest BCUT2D eigenvalue weighted by molar-refractivity contribution is 7.92. The minimum absolute atomic E-state index is 0.0110. The number of carbonyl (C=O) groups excluding carboxylic acids is 2. The second kappa shape index (κ2) is 14.3. The first-order chi connectivity index (χ1) is 19.5. The highest BCUT2D eigenvalue weighted by Gasteiger charge is 2.34. The number of amides is 2. The Morgan fingerprint density at radius 3 is 2.00 bits per heavy atom. The highest BCUT2D eigenvalue weighted by atomic mass is 32.2. The second-order valence-corrected chi connectivity index (χ2v) is 12.3. The Balaban J connectivity index is 2.05. The summed E-state index contributed by atoms with van der Waals surface area (Å²) >= 11 is 0. The van der Waals surface area contributed by atoms with Crippen LogP contribution in [0.25, 0.3) is 0 Å². The summed E-state index contributed by atoms with van der Waals surface area (Å²) < 4.78 is 42.5. The molecule has 0 spiro atoms. The number of nitrogens with one attached hydrogen (secondary N) is 1. The lowest BCUT2D eigenvalue weighted by molar-refractivity contribution is -0.140. The number of sulfonamides is 1. The summed E-state index contributed by atoms with van der Waals surface area (Å²) in [6.45, 7) is 9.20. The largest absolute Gasteiger partial charge is 0.352 e. The molecule has 2 amide bonds. The van der Waals surface area contributed by atoms with Crippen LogP contribution in [0.4, 0.5) is 10.1 Å². The van der Waals surface area contributed by atoms with Gasteiger partial charge in [-0.25, -0.2) is 12.8 Å². The minimum atomic E-state index is -4.13. The Kier molecular flexibility index (Phi) is 11.1. The molecule has 3 aromatic carbocycles. The molecule has 1 N–H and O–H groups in total. The Bertz CT molecular complexity index is 1400. The van der Waals surface area contributed by atoms with E-state index < -0.39 is 34.3 Å². The minimum Gasteiger partial charge on any atom is -0.352 e. The molecule has 0 aromatic heterocycles. The summed E-state index contributed by atoms with van der Waals surface area (Å²) in [5.74, 6) is -1.05. The molecule has 41 heavy (non-hydrogen) atoms. The summed E-state index contributed by atoms with van der Waals surface area (Å²) in [4.78, 5) is 28.8. The van der Waals surface area contributed by atoms with Crippen LogP contribution in [-0.4, -0.2) is 43.8 Å². The topological polar surface area (TPSA) is 86.8 Å². The van der Waals surface area contributed by atoms with Crippen LogP contribution in [0.1, 0.15) is 64.5 Å². The van der Waals surface area contributed by atoms with E-state index in [2.05, 4.69) is 5.32 Å². The van der Waals surface area contributed by atoms with Gasteiger partial charge in [-0.05, 0) is 73.2 Å². The molecule has 7 nitrogen and oxygen atoms in total. The molecule has 0 saturated heterocycles. The Hall–Kier alpha value is -3.72. The van der Waals surface area contributed by atoms with E-state index in [0.717, 1.165) is 9.87 Å². The lowest BCUT2D eigenvalue weighted by Gasteiger charge is -2.33. The van der Waals surface area contributed by atoms with Gasteiger partial charge in [0.05, 0.1) is 10.6 Å². The van der Waals surface area contributed by atoms with Gasteiger partial charge in [-0.1, -0.05) is 70.2 Å². The van der Waals surface area contributed by atoms with Crippen molar-refractivity contribution in [1.29, 1.82) is 0 Å². The Labute approximate surface area is 243 Å². The fraction of sp³-hybridized carbons (Fsp3) is 0.375. The van der Waals surface area contributed by atoms with Gasteiger partial charge in [0.2, 0.25) is 11.8 Å². The summed E-state index contributed by atoms with van der Waals surface area (Å²) in [5, 5.41) is 2.94. The maximum atomic E-state index is 14.1. The molecule has 0 aliphatic heterocycles. The van der Waals surface area contributed by atoms with Crippen LogP contribution < -0.4 is 9.62 Å². The van der Waals surface area contributed by atoms with Crippen molar-refractivity contribution in [2.24, 2.45) is 0 Å². The van der Waals surface area contributed by atoms with Crippen LogP contribution in [0.5, 0.6) is 0 Å². The third-order valence-electron chi connectivity index (χ3n) is 7.11. The Morgan fingerprint density at radius 2 is 1.46 bits per heavy atom. The van der Waals surface area contributed by atoms with E-state index in [1.165, 1.54) is 29.2 Å². The van der Waals surface area contributed by atoms with E-state index in [1.54, 1.807) is 49.4 Å². The Morgan fingerprint density at radius 1 is 0.854 bits per heavy atom. The molecule has 0 fully saturated rings. The van der Waals surface area contributed by atoms with E-state index in [4.69, 9.17) is 0 Å². The van der Waals surface area contributed by atoms with Crippen molar-refractivity contribution in [2.75, 3.05) is 10.8 Å². The molecule has 0 unspecified atom stereocenters. The monoisotopic (exact) mass is 581 g/mol. The number of halogens is 1. The normalized spacial score (nSPS) is 13.0. The zero-order valence-electron chi connectivity index (χ0n) is 24.4. The van der Waals surface area contributed by atoms with Gasteiger partial charge in [0.1, 0.15) is 18.4 Å². The molecule has 0 aliphatic rings. The van der Waals surface area contributed by atoms with Gasteiger partial charge in [-0.2, -0.15) is 0 Å². The molecule has 2 atom stereocenters. The van der Waals surface area contributed by atoms with E-state index in [-0.39, 0.29) is 29.3 Å². The summed E-state index contributed by atoms with van der Waals surface area (Å²) in [5.41, 5.74) is 1.99. The van der Waals surface area contributed by atoms with E-state index in [0.29, 0.717) is 24.1 Å². The lowest BCUT2D eigenvalue weighted by Crippen LogP contribution is -2.53. The van der Waals surface area contributed by atoms with Gasteiger partial charge in [-0.3, -0.25) is 13.9 Å². The number of benzene rings is 3. The first kappa shape index (κ1) is 31.8. The van der Waals surface area contributed by atoms with Gasteiger partial charge < -0.3 is 10.2 Å². The zero-order valence-corrected chi connectivity index (χ0v) is 25.2. The quantitative estimate of drug-likeness (QED) is 0.274. The summed E-state index contributed by atoms with van der Waals surface area (Å²) in [6.07, 6.45) is 1.02. The average Bonchev–Trinajstić information content (AvgIpc) is 2.97. The molecular formula is C32H40FN3O4S. The molecule has 0 aliphatic carbocycles. The van der Waals surface area contributed by atoms with Crippen LogP contribution in [0.2, 0.25) is 0 Å². The van der Waals surface area contributed by atoms with E-state index in [1.807, 2.05) is 39.8 Å². The maximum absolute atomic E-state index is 14.1. The number of rotatable bonds is 13. The summed E-state index contributed by atoms with van der Waals surface area (Å²) in [7, 11) is -4.13. The van der Waals surface area contributed by atoms with Crippen molar-refractivity contribution in [3.05, 3.63) is 95.8 Å². The predicted octanol–water partition coefficient (Wildman–Crippen LogP) is 5.87. The number of anilines is 1. The van der Waals surface area contributed by atoms with Crippen LogP contribution in [0.15, 0.2) is 83.8 Å². The first-order valence-electron chi connectivity index (χ1n) is 14.0. The van der Waals surface area contributed by atoms with Crippen LogP contribution in [-0.2, 0) is 26.2 Å². The van der Waals surface area contributed by atoms with Crippen molar-refractivity contribution in [3.63, 3.8) is 0 Å². The smallest absolute Gasteiger partial charge is 0.264 e. The third-order valence-corrected chi connectivity index (χ3v) is 8.90. The molecule has 0 bridgehead atoms. The standard InChI is InChI=1S/C32H40FN3O4S/c1-6-24(5)34-32(38)30(7-2)35(21-25-13-17-27(33)18-14-25)31(37)22-36(28-19-15-26(16-20-28)23(3)4)41(39,40)29-11-9-8-10-12-29/h8-20,23-24,30H,6-7,21-22H2,1-5H3,(H,34,38)/t24-,30+/m1/s1. The molecule has 0 heterocycles. The fourth-order valence-electron chi connectivity index (χ4n) is 4.42. The fourth-order valence-corrected chi connectivity index (χ4v) is 5.86. The average molecular weight is 582 g/mol. The van der Waals surface area contributed by atoms with Crippen molar-refractivity contribution >= 4 is 27.5 Å². The number of hydrogen-bond acceptors (Lipinski definition) is 4. The van der Waals surface area contributed by atoms with Crippen LogP contribution in [0.3, 0.4) is 0 Å². The van der Waals surface area contributed by atoms with Crippen LogP contribution in [0, 0.1) is 5.82 Å². The van der Waals surface area contributed by atoms with Gasteiger partial charge in [0.25, 0.3) is 10.0 Å². The molecule has 3 aromatic rings. The van der Waals surface area contributed by atoms with Crippen molar-refractivity contribution in [3.8, 4) is 0 Å². The SMILES string of the molecule is CC[C@@H](C)NC(=O)[C@H](CC)N(Cc1ccc(F)cc1)C(=O)CN(c1ccc(C(C)C)cc1)S(=O)(=O)c1ccccc1. The highest BCUT2D eigenvalue weighted by Crippen LogP contribution is 2.27. The van der Waals surface area contributed by atoms with Crippen molar-refractivity contribution in [1.82, 2.24) is 10.2 Å². The van der Waals surface area contributed by atoms with E-state index in [9.17, 15) is 22.4 Å². The second-order valence-electron chi connectivity index (χ2n) is 10.5. The number of hydrogen-bond donors (Lipinski definition) is 1. The molecule has 9 heteroatoms. The molecule has 0 saturated carbocycles. The van der Waals surface area contributed by atoms with Gasteiger partial charge >= 0.3 is 0 Å². The lowest BCUT2D eigenvalue weighted by atomic mass is 10.0. The summed E-state index contributed by atoms with van der Waals surface area (Å²) in [6, 6.07) is 19.8. The predicted molar refractivity (Wildman–Crippen MR) is 160 cm³/mol. The third kappa shape index (κ3) is 8.16. The molecule has 3 rings (SSSR count). The molecule has 0 radical (unpaired) electrons. The maximum Gasteiger partial charge on any atom is 0.264 e. The molecular weight excluding hydrogens is 541 g/mol. The number of nitrogens with zero attached hydrogens (tertiary/aromatic N) is 2. The van der Waals surface area contributed by atoms with Crippen molar-refractivity contribution in [2.45, 2.75) is 76.9 Å². The van der Waals surface area contributed by atoms with E-state index >= 15 is 0 Å². The molecule has 220 valence electrons. The zero-order chi connectivity index (χ0) is 30.2. The first-order valence-corrected chi connectivity index (χ1v) is 15.4. The van der Waals surface area contributed by atoms with Crippen LogP contribution >= 0.6 is 0 Å². The van der Waals surface area contributed by atoms with Gasteiger partial charge in [0, 0.05) is 12.6 Å². The number of carbonyl (C=O) groups is 2. The van der Waals surface area contributed by atoms with Crippen molar-refractivity contribution < 1.29 is 22.4 Å². The van der Waals surface area contributed by atoms with Gasteiger partial charge in [0.15, 0.2) is 0 Å².